The first-order chi connectivity index (χ1) is 11.3. The zero-order chi connectivity index (χ0) is 17.3. The Balaban J connectivity index is 1.83. The number of imidazole rings is 1. The molecule has 8 heteroatoms. The van der Waals surface area contributed by atoms with E-state index >= 15 is 0 Å². The molecule has 1 amide bonds. The summed E-state index contributed by atoms with van der Waals surface area (Å²) in [5.41, 5.74) is 2.35. The van der Waals surface area contributed by atoms with Crippen LogP contribution in [0.25, 0.3) is 11.0 Å². The van der Waals surface area contributed by atoms with Gasteiger partial charge < -0.3 is 15.3 Å². The molecular weight excluding hydrogens is 330 g/mol. The molecule has 0 saturated heterocycles. The number of H-pyrrole nitrogens is 2. The predicted octanol–water partition coefficient (Wildman–Crippen LogP) is 1.65. The van der Waals surface area contributed by atoms with Gasteiger partial charge in [-0.1, -0.05) is 12.1 Å². The lowest BCUT2D eigenvalue weighted by Gasteiger charge is -2.07. The number of hydrogen-bond acceptors (Lipinski definition) is 4. The minimum Gasteiger partial charge on any atom is -0.322 e. The summed E-state index contributed by atoms with van der Waals surface area (Å²) in [5, 5.41) is 2.73. The van der Waals surface area contributed by atoms with Crippen molar-refractivity contribution in [3.05, 3.63) is 64.1 Å². The Morgan fingerprint density at radius 1 is 1.08 bits per heavy atom. The van der Waals surface area contributed by atoms with Crippen LogP contribution in [0, 0.1) is 0 Å². The van der Waals surface area contributed by atoms with E-state index in [0.717, 1.165) is 6.26 Å². The molecule has 0 aliphatic heterocycles. The van der Waals surface area contributed by atoms with E-state index in [0.29, 0.717) is 27.8 Å². The topological polar surface area (TPSA) is 112 Å². The molecule has 0 saturated carbocycles. The van der Waals surface area contributed by atoms with Gasteiger partial charge in [-0.2, -0.15) is 0 Å². The monoisotopic (exact) mass is 345 g/mol. The summed E-state index contributed by atoms with van der Waals surface area (Å²) in [4.78, 5) is 28.8. The average molecular weight is 345 g/mol. The normalized spacial score (nSPS) is 11.5. The van der Waals surface area contributed by atoms with Gasteiger partial charge in [0.25, 0.3) is 5.91 Å². The Labute approximate surface area is 137 Å². The van der Waals surface area contributed by atoms with Gasteiger partial charge in [0.15, 0.2) is 9.84 Å². The van der Waals surface area contributed by atoms with E-state index in [1.54, 1.807) is 42.5 Å². The van der Waals surface area contributed by atoms with Gasteiger partial charge in [-0.15, -0.1) is 0 Å². The lowest BCUT2D eigenvalue weighted by atomic mass is 10.1. The fourth-order valence-corrected chi connectivity index (χ4v) is 3.20. The zero-order valence-electron chi connectivity index (χ0n) is 12.8. The molecule has 3 aromatic rings. The lowest BCUT2D eigenvalue weighted by Crippen LogP contribution is -2.12. The maximum Gasteiger partial charge on any atom is 0.323 e. The van der Waals surface area contributed by atoms with Crippen molar-refractivity contribution < 1.29 is 13.2 Å². The van der Waals surface area contributed by atoms with Gasteiger partial charge >= 0.3 is 5.69 Å². The minimum absolute atomic E-state index is 0.120. The Bertz CT molecular complexity index is 1080. The van der Waals surface area contributed by atoms with Gasteiger partial charge in [-0.3, -0.25) is 4.79 Å². The van der Waals surface area contributed by atoms with Crippen LogP contribution in [0.2, 0.25) is 0 Å². The number of carbonyl (C=O) groups is 1. The molecule has 1 heterocycles. The maximum atomic E-state index is 12.3. The summed E-state index contributed by atoms with van der Waals surface area (Å²) < 4.78 is 22.7. The Hall–Kier alpha value is -2.87. The summed E-state index contributed by atoms with van der Waals surface area (Å²) >= 11 is 0. The van der Waals surface area contributed by atoms with Gasteiger partial charge in [0.2, 0.25) is 0 Å². The van der Waals surface area contributed by atoms with E-state index in [1.807, 2.05) is 0 Å². The second-order valence-electron chi connectivity index (χ2n) is 5.56. The molecule has 3 rings (SSSR count). The van der Waals surface area contributed by atoms with Gasteiger partial charge in [0.05, 0.1) is 16.8 Å². The lowest BCUT2D eigenvalue weighted by molar-refractivity contribution is 0.102. The van der Waals surface area contributed by atoms with E-state index in [9.17, 15) is 18.0 Å². The molecule has 0 unspecified atom stereocenters. The first kappa shape index (κ1) is 16.0. The quantitative estimate of drug-likeness (QED) is 0.667. The summed E-state index contributed by atoms with van der Waals surface area (Å²) in [6.45, 7) is 0. The van der Waals surface area contributed by atoms with Crippen molar-refractivity contribution in [2.24, 2.45) is 0 Å². The van der Waals surface area contributed by atoms with Crippen LogP contribution in [-0.4, -0.2) is 30.5 Å². The SMILES string of the molecule is CS(=O)(=O)Cc1cccc(C(=O)Nc2ccc3[nH]c(=O)[nH]c3c2)c1. The third-order valence-corrected chi connectivity index (χ3v) is 4.25. The summed E-state index contributed by atoms with van der Waals surface area (Å²) in [6, 6.07) is 11.5. The molecular formula is C16H15N3O4S. The highest BCUT2D eigenvalue weighted by Crippen LogP contribution is 2.16. The number of benzene rings is 2. The highest BCUT2D eigenvalue weighted by atomic mass is 32.2. The molecule has 0 radical (unpaired) electrons. The second-order valence-corrected chi connectivity index (χ2v) is 7.70. The highest BCUT2D eigenvalue weighted by Gasteiger charge is 2.10. The molecule has 0 spiro atoms. The number of nitrogens with one attached hydrogen (secondary N) is 3. The van der Waals surface area contributed by atoms with Crippen molar-refractivity contribution in [2.75, 3.05) is 11.6 Å². The number of rotatable bonds is 4. The summed E-state index contributed by atoms with van der Waals surface area (Å²) in [5.74, 6) is -0.479. The number of aromatic amines is 2. The van der Waals surface area contributed by atoms with E-state index in [-0.39, 0.29) is 17.3 Å². The number of carbonyl (C=O) groups excluding carboxylic acids is 1. The van der Waals surface area contributed by atoms with Gasteiger partial charge in [-0.25, -0.2) is 13.2 Å². The van der Waals surface area contributed by atoms with E-state index in [2.05, 4.69) is 15.3 Å². The molecule has 2 aromatic carbocycles. The molecule has 1 aromatic heterocycles. The number of hydrogen-bond donors (Lipinski definition) is 3. The third kappa shape index (κ3) is 3.72. The molecule has 24 heavy (non-hydrogen) atoms. The van der Waals surface area contributed by atoms with Crippen molar-refractivity contribution in [3.63, 3.8) is 0 Å². The number of anilines is 1. The first-order valence-corrected chi connectivity index (χ1v) is 9.16. The van der Waals surface area contributed by atoms with Gasteiger partial charge in [-0.05, 0) is 35.9 Å². The van der Waals surface area contributed by atoms with Crippen LogP contribution in [0.15, 0.2) is 47.3 Å². The Morgan fingerprint density at radius 3 is 2.58 bits per heavy atom. The van der Waals surface area contributed by atoms with Crippen molar-refractivity contribution in [2.45, 2.75) is 5.75 Å². The van der Waals surface area contributed by atoms with E-state index in [1.165, 1.54) is 0 Å². The number of fused-ring (bicyclic) bond motifs is 1. The van der Waals surface area contributed by atoms with Crippen LogP contribution in [-0.2, 0) is 15.6 Å². The minimum atomic E-state index is -3.17. The molecule has 0 fully saturated rings. The Kier molecular flexibility index (Phi) is 3.98. The molecule has 124 valence electrons. The van der Waals surface area contributed by atoms with Crippen molar-refractivity contribution >= 4 is 32.5 Å². The van der Waals surface area contributed by atoms with Gasteiger partial charge in [0, 0.05) is 17.5 Å². The molecule has 0 atom stereocenters. The van der Waals surface area contributed by atoms with Crippen molar-refractivity contribution in [3.8, 4) is 0 Å². The number of sulfone groups is 1. The van der Waals surface area contributed by atoms with Crippen molar-refractivity contribution in [1.29, 1.82) is 0 Å². The average Bonchev–Trinajstić information content (AvgIpc) is 2.85. The van der Waals surface area contributed by atoms with Crippen molar-refractivity contribution in [1.82, 2.24) is 9.97 Å². The van der Waals surface area contributed by atoms with E-state index in [4.69, 9.17) is 0 Å². The third-order valence-electron chi connectivity index (χ3n) is 3.39. The molecule has 0 aliphatic carbocycles. The van der Waals surface area contributed by atoms with E-state index < -0.39 is 9.84 Å². The van der Waals surface area contributed by atoms with Crippen LogP contribution in [0.1, 0.15) is 15.9 Å². The first-order valence-electron chi connectivity index (χ1n) is 7.10. The van der Waals surface area contributed by atoms with Crippen LogP contribution < -0.4 is 11.0 Å². The van der Waals surface area contributed by atoms with Crippen LogP contribution in [0.3, 0.4) is 0 Å². The van der Waals surface area contributed by atoms with Crippen LogP contribution in [0.4, 0.5) is 5.69 Å². The van der Waals surface area contributed by atoms with Crippen LogP contribution >= 0.6 is 0 Å². The molecule has 0 aliphatic rings. The van der Waals surface area contributed by atoms with Crippen LogP contribution in [0.5, 0.6) is 0 Å². The summed E-state index contributed by atoms with van der Waals surface area (Å²) in [7, 11) is -3.17. The molecule has 3 N–H and O–H groups in total. The molecule has 0 bridgehead atoms. The predicted molar refractivity (Wildman–Crippen MR) is 91.9 cm³/mol. The maximum absolute atomic E-state index is 12.3. The Morgan fingerprint density at radius 2 is 1.83 bits per heavy atom. The van der Waals surface area contributed by atoms with Gasteiger partial charge in [0.1, 0.15) is 0 Å². The second kappa shape index (κ2) is 5.97. The standard InChI is InChI=1S/C16H15N3O4S/c1-24(22,23)9-10-3-2-4-11(7-10)15(20)17-12-5-6-13-14(8-12)19-16(21)18-13/h2-8H,9H2,1H3,(H,17,20)(H2,18,19,21). The zero-order valence-corrected chi connectivity index (χ0v) is 13.6. The molecule has 7 nitrogen and oxygen atoms in total. The number of amides is 1. The summed E-state index contributed by atoms with van der Waals surface area (Å²) in [6.07, 6.45) is 1.15. The fraction of sp³-hybridized carbons (Fsp3) is 0.125. The highest BCUT2D eigenvalue weighted by molar-refractivity contribution is 7.89. The largest absolute Gasteiger partial charge is 0.323 e. The fourth-order valence-electron chi connectivity index (χ4n) is 2.42. The smallest absolute Gasteiger partial charge is 0.322 e. The number of aromatic nitrogens is 2.